The van der Waals surface area contributed by atoms with Crippen LogP contribution >= 0.6 is 0 Å². The molecule has 0 fully saturated rings. The molecule has 0 saturated heterocycles. The maximum absolute atomic E-state index is 12.4. The molecule has 0 bridgehead atoms. The summed E-state index contributed by atoms with van der Waals surface area (Å²) in [7, 11) is -8.71. The Bertz CT molecular complexity index is 546. The molecule has 0 aromatic rings. The molecule has 0 saturated carbocycles. The van der Waals surface area contributed by atoms with Crippen LogP contribution < -0.4 is 5.32 Å². The number of nitrogens with one attached hydrogen (secondary N) is 1. The number of alkyl carbamates (subject to hydrolysis) is 1. The Balaban J connectivity index is 0. The fraction of sp³-hybridized carbons (Fsp3) is 0.963. The molecule has 0 atom stereocenters. The lowest BCUT2D eigenvalue weighted by Gasteiger charge is -2.39. The third kappa shape index (κ3) is 24.9. The molecule has 13 heteroatoms. The van der Waals surface area contributed by atoms with Gasteiger partial charge in [0.15, 0.2) is 0 Å². The molecule has 0 aromatic carbocycles. The zero-order valence-electron chi connectivity index (χ0n) is 26.2. The Labute approximate surface area is 243 Å². The molecule has 40 heavy (non-hydrogen) atoms. The number of carbonyl (C=O) groups is 1. The molecular weight excluding hydrogens is 547 g/mol. The van der Waals surface area contributed by atoms with Gasteiger partial charge < -0.3 is 45.1 Å². The lowest BCUT2D eigenvalue weighted by atomic mass is 10.1. The van der Waals surface area contributed by atoms with Gasteiger partial charge in [-0.25, -0.2) is 4.79 Å². The Morgan fingerprint density at radius 1 is 0.650 bits per heavy atom. The highest BCUT2D eigenvalue weighted by Crippen LogP contribution is 2.19. The van der Waals surface area contributed by atoms with Gasteiger partial charge >= 0.3 is 22.2 Å². The van der Waals surface area contributed by atoms with Crippen LogP contribution in [0.15, 0.2) is 0 Å². The summed E-state index contributed by atoms with van der Waals surface area (Å²) in [6.45, 7) is 20.4. The summed E-state index contributed by atoms with van der Waals surface area (Å²) < 4.78 is 64.1. The van der Waals surface area contributed by atoms with Gasteiger partial charge in [0.25, 0.3) is 0 Å². The van der Waals surface area contributed by atoms with Crippen LogP contribution in [0.2, 0.25) is 6.04 Å². The van der Waals surface area contributed by atoms with Crippen molar-refractivity contribution in [2.45, 2.75) is 112 Å². The maximum Gasteiger partial charge on any atom is 0.673 e. The largest absolute Gasteiger partial charge is 0.673 e. The maximum atomic E-state index is 12.4. The monoisotopic (exact) mass is 606 g/mol. The molecule has 7 nitrogen and oxygen atoms in total. The van der Waals surface area contributed by atoms with Gasteiger partial charge in [-0.1, -0.05) is 60.8 Å². The zero-order chi connectivity index (χ0) is 30.8. The molecule has 0 radical (unpaired) electrons. The second-order valence-corrected chi connectivity index (χ2v) is 12.9. The van der Waals surface area contributed by atoms with Crippen molar-refractivity contribution in [3.05, 3.63) is 0 Å². The Morgan fingerprint density at radius 3 is 1.40 bits per heavy atom. The number of nitrogens with zero attached hydrogens (tertiary/aromatic N) is 1. The molecule has 1 N–H and O–H groups in total. The van der Waals surface area contributed by atoms with Crippen LogP contribution in [0, 0.1) is 0 Å². The van der Waals surface area contributed by atoms with E-state index in [0.29, 0.717) is 39.0 Å². The van der Waals surface area contributed by atoms with E-state index in [1.165, 1.54) is 58.2 Å². The highest BCUT2D eigenvalue weighted by atomic mass is 28.4. The smallest absolute Gasteiger partial charge is 0.444 e. The van der Waals surface area contributed by atoms with Gasteiger partial charge in [-0.05, 0) is 44.9 Å². The predicted molar refractivity (Wildman–Crippen MR) is 158 cm³/mol. The predicted octanol–water partition coefficient (Wildman–Crippen LogP) is 7.84. The Morgan fingerprint density at radius 2 is 1.05 bits per heavy atom. The van der Waals surface area contributed by atoms with E-state index in [9.17, 15) is 22.1 Å². The van der Waals surface area contributed by atoms with E-state index in [1.54, 1.807) is 0 Å². The average Bonchev–Trinajstić information content (AvgIpc) is 2.91. The van der Waals surface area contributed by atoms with Crippen LogP contribution in [-0.4, -0.2) is 85.8 Å². The molecule has 0 heterocycles. The number of rotatable bonds is 25. The van der Waals surface area contributed by atoms with Crippen molar-refractivity contribution in [2.75, 3.05) is 59.2 Å². The summed E-state index contributed by atoms with van der Waals surface area (Å²) in [5.74, 6) is 0. The van der Waals surface area contributed by atoms with Gasteiger partial charge in [0.05, 0.1) is 19.6 Å². The van der Waals surface area contributed by atoms with E-state index < -0.39 is 16.1 Å². The van der Waals surface area contributed by atoms with Crippen LogP contribution in [0.3, 0.4) is 0 Å². The third-order valence-electron chi connectivity index (χ3n) is 6.26. The van der Waals surface area contributed by atoms with E-state index in [-0.39, 0.29) is 6.09 Å². The van der Waals surface area contributed by atoms with Gasteiger partial charge in [-0.3, -0.25) is 0 Å². The second kappa shape index (κ2) is 25.8. The highest BCUT2D eigenvalue weighted by Gasteiger charge is 2.40. The van der Waals surface area contributed by atoms with Crippen molar-refractivity contribution < 1.29 is 44.6 Å². The SMILES string of the molecule is CCCC[N+](CCCC)(CCCC)CCOC(=O)NCCC[Si](OCCC)(OCCC)OCCC.F[B-](F)(F)F. The van der Waals surface area contributed by atoms with Crippen molar-refractivity contribution in [3.63, 3.8) is 0 Å². The molecule has 0 aliphatic heterocycles. The van der Waals surface area contributed by atoms with Gasteiger partial charge in [-0.2, -0.15) is 0 Å². The Kier molecular flexibility index (Phi) is 26.6. The number of quaternary nitrogens is 1. The van der Waals surface area contributed by atoms with E-state index >= 15 is 0 Å². The minimum absolute atomic E-state index is 0.324. The van der Waals surface area contributed by atoms with Crippen molar-refractivity contribution in [2.24, 2.45) is 0 Å². The third-order valence-corrected chi connectivity index (χ3v) is 9.16. The van der Waals surface area contributed by atoms with Crippen LogP contribution in [0.5, 0.6) is 0 Å². The number of hydrogen-bond donors (Lipinski definition) is 1. The topological polar surface area (TPSA) is 66.0 Å². The number of hydrogen-bond acceptors (Lipinski definition) is 5. The molecular formula is C27H59BF4N2O5Si. The normalized spacial score (nSPS) is 12.2. The lowest BCUT2D eigenvalue weighted by molar-refractivity contribution is -0.929. The van der Waals surface area contributed by atoms with Crippen LogP contribution in [0.1, 0.15) is 106 Å². The summed E-state index contributed by atoms with van der Waals surface area (Å²) in [6.07, 6.45) is 10.5. The number of ether oxygens (including phenoxy) is 1. The van der Waals surface area contributed by atoms with Gasteiger partial charge in [0, 0.05) is 32.4 Å². The summed E-state index contributed by atoms with van der Waals surface area (Å²) >= 11 is 0. The fourth-order valence-corrected chi connectivity index (χ4v) is 6.98. The van der Waals surface area contributed by atoms with E-state index in [2.05, 4.69) is 46.9 Å². The molecule has 1 amide bonds. The van der Waals surface area contributed by atoms with E-state index in [0.717, 1.165) is 36.7 Å². The standard InChI is InChI=1S/C27H58N2O5Si.BF4/c1-7-13-18-29(19-14-8-2,20-15-9-3)21-25-31-27(30)28-17-16-26-35(32-22-10-4,33-23-11-5)34-24-12-6;2-1(3,4)5/h7-26H2,1-6H3;/q;-1/p+1. The molecule has 0 aliphatic rings. The summed E-state index contributed by atoms with van der Waals surface area (Å²) in [6, 6.07) is 0.707. The van der Waals surface area contributed by atoms with Crippen molar-refractivity contribution in [1.29, 1.82) is 0 Å². The lowest BCUT2D eigenvalue weighted by Crippen LogP contribution is -2.52. The van der Waals surface area contributed by atoms with Crippen molar-refractivity contribution in [3.8, 4) is 0 Å². The number of amides is 1. The highest BCUT2D eigenvalue weighted by molar-refractivity contribution is 6.60. The van der Waals surface area contributed by atoms with E-state index in [4.69, 9.17) is 18.0 Å². The van der Waals surface area contributed by atoms with Crippen LogP contribution in [-0.2, 0) is 18.0 Å². The molecule has 242 valence electrons. The second-order valence-electron chi connectivity index (χ2n) is 10.2. The first kappa shape index (κ1) is 41.2. The molecule has 0 aromatic heterocycles. The number of carbonyl (C=O) groups excluding carboxylic acids is 1. The summed E-state index contributed by atoms with van der Waals surface area (Å²) in [5.41, 5.74) is 0. The van der Waals surface area contributed by atoms with E-state index in [1.807, 2.05) is 0 Å². The first-order chi connectivity index (χ1) is 19.0. The van der Waals surface area contributed by atoms with Gasteiger partial charge in [-0.15, -0.1) is 0 Å². The van der Waals surface area contributed by atoms with Crippen LogP contribution in [0.25, 0.3) is 0 Å². The first-order valence-electron chi connectivity index (χ1n) is 15.5. The fourth-order valence-electron chi connectivity index (χ4n) is 4.14. The quantitative estimate of drug-likeness (QED) is 0.0497. The molecule has 0 spiro atoms. The average molecular weight is 607 g/mol. The minimum atomic E-state index is -6.00. The van der Waals surface area contributed by atoms with Gasteiger partial charge in [0.2, 0.25) is 0 Å². The zero-order valence-corrected chi connectivity index (χ0v) is 27.2. The summed E-state index contributed by atoms with van der Waals surface area (Å²) in [5, 5.41) is 2.93. The number of unbranched alkanes of at least 4 members (excludes halogenated alkanes) is 3. The molecule has 0 unspecified atom stereocenters. The first-order valence-corrected chi connectivity index (χ1v) is 17.4. The van der Waals surface area contributed by atoms with Crippen LogP contribution in [0.4, 0.5) is 22.1 Å². The summed E-state index contributed by atoms with van der Waals surface area (Å²) in [4.78, 5) is 12.4. The van der Waals surface area contributed by atoms with Crippen molar-refractivity contribution in [1.82, 2.24) is 5.32 Å². The minimum Gasteiger partial charge on any atom is -0.444 e. The molecule has 0 aliphatic carbocycles. The number of halogens is 4. The molecule has 0 rings (SSSR count). The van der Waals surface area contributed by atoms with Crippen molar-refractivity contribution >= 4 is 22.2 Å². The Hall–Kier alpha value is -0.888. The van der Waals surface area contributed by atoms with Gasteiger partial charge in [0.1, 0.15) is 13.2 Å².